The van der Waals surface area contributed by atoms with E-state index in [0.29, 0.717) is 34.9 Å². The van der Waals surface area contributed by atoms with E-state index >= 15 is 0 Å². The molecule has 0 amide bonds. The molecular weight excluding hydrogens is 1610 g/mol. The highest BCUT2D eigenvalue weighted by Gasteiger charge is 2.24. The van der Waals surface area contributed by atoms with Crippen molar-refractivity contribution in [3.05, 3.63) is 474 Å². The molecule has 14 heteroatoms. The van der Waals surface area contributed by atoms with Crippen LogP contribution in [0.5, 0.6) is 0 Å². The molecule has 0 fully saturated rings. The van der Waals surface area contributed by atoms with Crippen molar-refractivity contribution in [3.8, 4) is 203 Å². The molecule has 0 saturated carbocycles. The third-order valence-corrected chi connectivity index (χ3v) is 24.2. The van der Waals surface area contributed by atoms with E-state index in [4.69, 9.17) is 49.8 Å². The van der Waals surface area contributed by atoms with Crippen molar-refractivity contribution in [2.24, 2.45) is 0 Å². The van der Waals surface area contributed by atoms with Gasteiger partial charge in [0.2, 0.25) is 0 Å². The molecule has 10 heterocycles. The first-order valence-corrected chi connectivity index (χ1v) is 44.0. The first-order chi connectivity index (χ1) is 65.4. The normalized spacial score (nSPS) is 11.3. The number of nitrogens with zero attached hydrogens (tertiary/aromatic N) is 14. The van der Waals surface area contributed by atoms with E-state index in [1.807, 2.05) is 158 Å². The maximum absolute atomic E-state index is 5.13. The van der Waals surface area contributed by atoms with Crippen molar-refractivity contribution >= 4 is 22.6 Å². The Hall–Kier alpha value is -18.1. The molecule has 620 valence electrons. The van der Waals surface area contributed by atoms with E-state index < -0.39 is 0 Å². The van der Waals surface area contributed by atoms with Crippen LogP contribution in [0.1, 0.15) is 0 Å². The van der Waals surface area contributed by atoms with E-state index in [2.05, 4.69) is 334 Å². The minimum atomic E-state index is 0.590. The summed E-state index contributed by atoms with van der Waals surface area (Å²) in [6.45, 7) is 0. The maximum atomic E-state index is 5.13. The Morgan fingerprint density at radius 2 is 0.242 bits per heavy atom. The molecule has 0 bridgehead atoms. The van der Waals surface area contributed by atoms with Crippen LogP contribution in [0.3, 0.4) is 0 Å². The monoisotopic (exact) mass is 1690 g/mol. The Bertz CT molecular complexity index is 7810. The molecule has 24 aromatic rings. The summed E-state index contributed by atoms with van der Waals surface area (Å²) in [6.07, 6.45) is 8.30. The average molecular weight is 1690 g/mol. The molecule has 10 aromatic heterocycles. The van der Waals surface area contributed by atoms with Gasteiger partial charge in [-0.05, 0) is 93.0 Å². The van der Waals surface area contributed by atoms with Crippen molar-refractivity contribution in [3.63, 3.8) is 0 Å². The highest BCUT2D eigenvalue weighted by Crippen LogP contribution is 2.42. The lowest BCUT2D eigenvalue weighted by molar-refractivity contribution is 1.07. The second-order valence-electron chi connectivity index (χ2n) is 32.4. The summed E-state index contributed by atoms with van der Waals surface area (Å²) in [6, 6.07) is 155. The second kappa shape index (κ2) is 34.7. The van der Waals surface area contributed by atoms with Crippen LogP contribution in [0.15, 0.2) is 474 Å². The molecule has 0 unspecified atom stereocenters. The topological polar surface area (TPSA) is 147 Å². The van der Waals surface area contributed by atoms with Crippen molar-refractivity contribution in [2.75, 3.05) is 0 Å². The molecular formula is C118H78N14. The summed E-state index contributed by atoms with van der Waals surface area (Å²) in [5.41, 5.74) is 34.6. The van der Waals surface area contributed by atoms with Crippen LogP contribution in [0, 0.1) is 0 Å². The van der Waals surface area contributed by atoms with E-state index in [-0.39, 0.29) is 0 Å². The van der Waals surface area contributed by atoms with Gasteiger partial charge in [0.15, 0.2) is 34.9 Å². The van der Waals surface area contributed by atoms with Crippen molar-refractivity contribution < 1.29 is 0 Å². The smallest absolute Gasteiger partial charge is 0.164 e. The zero-order chi connectivity index (χ0) is 87.6. The number of benzene rings is 14. The average Bonchev–Trinajstić information content (AvgIpc) is 1.63. The van der Waals surface area contributed by atoms with Crippen LogP contribution < -0.4 is 0 Å². The first kappa shape index (κ1) is 78.6. The van der Waals surface area contributed by atoms with Gasteiger partial charge in [0, 0.05) is 103 Å². The summed E-state index contributed by atoms with van der Waals surface area (Å²) in [5.74, 6) is 3.64. The number of hydrogen-bond acceptors (Lipinski definition) is 10. The highest BCUT2D eigenvalue weighted by molar-refractivity contribution is 5.89. The first-order valence-electron chi connectivity index (χ1n) is 44.0. The van der Waals surface area contributed by atoms with Gasteiger partial charge in [0.1, 0.15) is 22.6 Å². The van der Waals surface area contributed by atoms with E-state index in [9.17, 15) is 0 Å². The summed E-state index contributed by atoms with van der Waals surface area (Å²) in [7, 11) is 0. The minimum Gasteiger partial charge on any atom is -0.299 e. The standard InChI is InChI=1S/2C59H39N7/c1-4-14-44(15-5-1)53-55(65-38-12-10-20-51(65)60-53)46-30-22-40(23-31-46)42-26-34-49(35-27-42)58-62-57(48-18-8-3-9-19-48)63-59(64-58)50-36-28-43(29-37-50)41-24-32-47(33-25-41)56-54(45-16-6-2-7-17-45)61-52-21-11-13-39-66(52)56;1-4-14-40(15-5-1)42-22-26-44(27-23-42)53-55(65-38-12-10-20-51(65)60-53)46-30-34-49(35-31-46)58-62-57(48-18-8-3-9-19-48)63-59(64-58)50-36-32-47(33-37-50)56-54(61-52-21-11-13-39-66(52)56)45-28-24-43(25-29-45)41-16-6-2-7-17-41/h2*1-39H. The van der Waals surface area contributed by atoms with Gasteiger partial charge in [0.05, 0.1) is 45.6 Å². The highest BCUT2D eigenvalue weighted by atomic mass is 15.1. The van der Waals surface area contributed by atoms with Gasteiger partial charge < -0.3 is 0 Å². The quantitative estimate of drug-likeness (QED) is 0.0813. The number of aromatic nitrogens is 14. The van der Waals surface area contributed by atoms with Crippen LogP contribution in [-0.2, 0) is 0 Å². The van der Waals surface area contributed by atoms with E-state index in [0.717, 1.165) is 168 Å². The molecule has 0 saturated heterocycles. The van der Waals surface area contributed by atoms with E-state index in [1.54, 1.807) is 0 Å². The summed E-state index contributed by atoms with van der Waals surface area (Å²) >= 11 is 0. The number of pyridine rings is 4. The number of rotatable bonds is 18. The maximum Gasteiger partial charge on any atom is 0.164 e. The largest absolute Gasteiger partial charge is 0.299 e. The SMILES string of the molecule is c1ccc(-c2ccc(-c3nc4ccccn4c3-c3ccc(-c4nc(-c5ccccc5)nc(-c5ccc(-c6c(-c7ccc(-c8ccccc8)cc7)nc7ccccn67)cc5)n4)cc3)cc2)cc1.c1ccc(-c2nc(-c3ccc(-c4ccc(-c5c(-c6ccccc6)nc6ccccn56)cc4)cc3)nc(-c3ccc(-c4ccc(-c5c(-c6ccccc6)nc6ccccn56)cc4)cc3)n2)cc1. The molecule has 132 heavy (non-hydrogen) atoms. The molecule has 0 spiro atoms. The van der Waals surface area contributed by atoms with Crippen LogP contribution in [-0.4, -0.2) is 67.4 Å². The van der Waals surface area contributed by atoms with Gasteiger partial charge in [-0.2, -0.15) is 0 Å². The number of fused-ring (bicyclic) bond motifs is 4. The summed E-state index contributed by atoms with van der Waals surface area (Å²) in [4.78, 5) is 50.6. The summed E-state index contributed by atoms with van der Waals surface area (Å²) in [5, 5.41) is 0. The van der Waals surface area contributed by atoms with Gasteiger partial charge in [-0.3, -0.25) is 17.6 Å². The zero-order valence-electron chi connectivity index (χ0n) is 71.3. The Morgan fingerprint density at radius 3 is 0.447 bits per heavy atom. The fourth-order valence-corrected chi connectivity index (χ4v) is 17.5. The molecule has 14 aromatic carbocycles. The zero-order valence-corrected chi connectivity index (χ0v) is 71.3. The molecule has 0 atom stereocenters. The Labute approximate surface area is 761 Å². The summed E-state index contributed by atoms with van der Waals surface area (Å²) < 4.78 is 8.64. The molecule has 0 radical (unpaired) electrons. The fourth-order valence-electron chi connectivity index (χ4n) is 17.5. The lowest BCUT2D eigenvalue weighted by Gasteiger charge is -2.11. The minimum absolute atomic E-state index is 0.590. The predicted molar refractivity (Wildman–Crippen MR) is 533 cm³/mol. The molecule has 0 aliphatic heterocycles. The molecule has 0 N–H and O–H groups in total. The van der Waals surface area contributed by atoms with Crippen molar-refractivity contribution in [1.82, 2.24) is 67.4 Å². The van der Waals surface area contributed by atoms with Gasteiger partial charge in [0.25, 0.3) is 0 Å². The molecule has 0 aliphatic carbocycles. The van der Waals surface area contributed by atoms with E-state index in [1.165, 1.54) is 22.3 Å². The Balaban J connectivity index is 0.000000150. The van der Waals surface area contributed by atoms with Gasteiger partial charge in [-0.25, -0.2) is 49.8 Å². The van der Waals surface area contributed by atoms with Gasteiger partial charge in [-0.1, -0.05) is 400 Å². The fraction of sp³-hybridized carbons (Fsp3) is 0. The van der Waals surface area contributed by atoms with Gasteiger partial charge >= 0.3 is 0 Å². The van der Waals surface area contributed by atoms with Crippen molar-refractivity contribution in [2.45, 2.75) is 0 Å². The molecule has 0 aliphatic rings. The Kier molecular flexibility index (Phi) is 20.6. The third-order valence-electron chi connectivity index (χ3n) is 24.2. The molecule has 14 nitrogen and oxygen atoms in total. The van der Waals surface area contributed by atoms with Crippen molar-refractivity contribution in [1.29, 1.82) is 0 Å². The number of hydrogen-bond donors (Lipinski definition) is 0. The van der Waals surface area contributed by atoms with Crippen LogP contribution in [0.4, 0.5) is 0 Å². The van der Waals surface area contributed by atoms with Crippen LogP contribution in [0.2, 0.25) is 0 Å². The molecule has 24 rings (SSSR count). The van der Waals surface area contributed by atoms with Crippen LogP contribution in [0.25, 0.3) is 225 Å². The lowest BCUT2D eigenvalue weighted by atomic mass is 9.99. The lowest BCUT2D eigenvalue weighted by Crippen LogP contribution is -2.00. The number of imidazole rings is 4. The van der Waals surface area contributed by atoms with Crippen LogP contribution >= 0.6 is 0 Å². The predicted octanol–water partition coefficient (Wildman–Crippen LogP) is 28.3. The second-order valence-corrected chi connectivity index (χ2v) is 32.4. The third kappa shape index (κ3) is 15.5. The Morgan fingerprint density at radius 1 is 0.106 bits per heavy atom. The van der Waals surface area contributed by atoms with Gasteiger partial charge in [-0.15, -0.1) is 0 Å².